The van der Waals surface area contributed by atoms with Crippen LogP contribution in [0.1, 0.15) is 99.6 Å². The first-order valence-corrected chi connectivity index (χ1v) is 36.2. The second kappa shape index (κ2) is 32.1. The van der Waals surface area contributed by atoms with Crippen LogP contribution in [-0.4, -0.2) is 331 Å². The Morgan fingerprint density at radius 2 is 1.28 bits per heavy atom. The Hall–Kier alpha value is -4.85. The Morgan fingerprint density at radius 3 is 1.97 bits per heavy atom. The Labute approximate surface area is 628 Å². The molecule has 2 aromatic rings. The molecule has 0 aromatic heterocycles. The van der Waals surface area contributed by atoms with Crippen LogP contribution < -0.4 is 0 Å². The Bertz CT molecular complexity index is 3550. The van der Waals surface area contributed by atoms with Crippen molar-refractivity contribution < 1.29 is 179 Å². The number of esters is 2. The van der Waals surface area contributed by atoms with Gasteiger partial charge in [0, 0.05) is 52.8 Å². The van der Waals surface area contributed by atoms with Crippen LogP contribution in [0.4, 0.5) is 0 Å². The zero-order valence-corrected chi connectivity index (χ0v) is 62.5. The van der Waals surface area contributed by atoms with Crippen molar-refractivity contribution in [1.82, 2.24) is 0 Å². The second-order valence-electron chi connectivity index (χ2n) is 29.6. The van der Waals surface area contributed by atoms with Crippen molar-refractivity contribution in [3.8, 4) is 23.0 Å². The van der Waals surface area contributed by atoms with E-state index >= 15 is 0 Å². The van der Waals surface area contributed by atoms with Gasteiger partial charge in [-0.15, -0.1) is 0 Å². The van der Waals surface area contributed by atoms with E-state index in [1.807, 2.05) is 0 Å². The zero-order valence-electron chi connectivity index (χ0n) is 61.8. The van der Waals surface area contributed by atoms with Crippen molar-refractivity contribution in [2.45, 2.75) is 295 Å². The number of carbonyl (C=O) groups is 2. The van der Waals surface area contributed by atoms with Gasteiger partial charge < -0.3 is 164 Å². The highest BCUT2D eigenvalue weighted by Crippen LogP contribution is 2.53. The van der Waals surface area contributed by atoms with Crippen LogP contribution in [0.3, 0.4) is 0 Å². The van der Waals surface area contributed by atoms with Crippen molar-refractivity contribution in [3.05, 3.63) is 55.6 Å². The molecule has 0 saturated carbocycles. The molecule has 0 radical (unpaired) electrons. The molecule has 9 N–H and O–H groups in total. The fourth-order valence-electron chi connectivity index (χ4n) is 16.8. The molecule has 2 spiro atoms. The van der Waals surface area contributed by atoms with E-state index in [1.54, 1.807) is 34.6 Å². The lowest BCUT2D eigenvalue weighted by Crippen LogP contribution is -2.68. The molecule has 109 heavy (non-hydrogen) atoms. The molecule has 11 fully saturated rings. The molecule has 0 aliphatic carbocycles. The Morgan fingerprint density at radius 1 is 0.596 bits per heavy atom. The number of phenols is 4. The summed E-state index contributed by atoms with van der Waals surface area (Å²) in [5.74, 6) is -8.07. The monoisotopic (exact) mass is 1580 g/mol. The molecule has 2 aromatic carbocycles. The molecular formula is C69H96ClNO38. The number of phenolic OH excluding ortho intramolecular Hbond substituents is 4. The average molecular weight is 1580 g/mol. The number of aliphatic hydroxyl groups excluding tert-OH is 5. The van der Waals surface area contributed by atoms with E-state index in [9.17, 15) is 65.7 Å². The van der Waals surface area contributed by atoms with Crippen LogP contribution in [0, 0.1) is 24.0 Å². The average Bonchev–Trinajstić information content (AvgIpc) is 1.57. The number of methoxy groups -OCH3 is 4. The van der Waals surface area contributed by atoms with Crippen LogP contribution in [0.2, 0.25) is 5.02 Å². The first-order valence-electron chi connectivity index (χ1n) is 35.8. The minimum absolute atomic E-state index is 0.115. The third-order valence-corrected chi connectivity index (χ3v) is 22.5. The molecule has 11 aliphatic heterocycles. The normalized spacial score (nSPS) is 46.3. The molecule has 11 aliphatic rings. The number of hydrogen-bond acceptors (Lipinski definition) is 38. The highest BCUT2D eigenvalue weighted by molar-refractivity contribution is 6.34. The van der Waals surface area contributed by atoms with Crippen LogP contribution in [-0.2, 0) is 118 Å². The fraction of sp³-hybridized carbons (Fsp3) is 0.797. The van der Waals surface area contributed by atoms with E-state index in [0.29, 0.717) is 0 Å². The molecule has 40 heteroatoms. The van der Waals surface area contributed by atoms with Gasteiger partial charge >= 0.3 is 17.9 Å². The molecule has 11 heterocycles. The molecular weight excluding hydrogens is 1490 g/mol. The van der Waals surface area contributed by atoms with Crippen molar-refractivity contribution in [2.75, 3.05) is 55.1 Å². The van der Waals surface area contributed by atoms with Crippen molar-refractivity contribution >= 4 is 23.5 Å². The van der Waals surface area contributed by atoms with Crippen LogP contribution in [0.25, 0.3) is 0 Å². The summed E-state index contributed by atoms with van der Waals surface area (Å²) in [4.78, 5) is 39.4. The lowest BCUT2D eigenvalue weighted by Gasteiger charge is -2.50. The van der Waals surface area contributed by atoms with Gasteiger partial charge in [0.2, 0.25) is 0 Å². The molecule has 0 amide bonds. The van der Waals surface area contributed by atoms with Gasteiger partial charge in [-0.25, -0.2) is 9.59 Å². The number of ether oxygens (including phenoxy) is 25. The van der Waals surface area contributed by atoms with Gasteiger partial charge in [-0.1, -0.05) is 11.6 Å². The summed E-state index contributed by atoms with van der Waals surface area (Å²) in [7, 11) is 5.29. The summed E-state index contributed by atoms with van der Waals surface area (Å²) in [6.07, 6.45) is -40.9. The maximum Gasteiger partial charge on any atom is 0.342 e. The van der Waals surface area contributed by atoms with E-state index in [1.165, 1.54) is 68.3 Å². The molecule has 39 nitrogen and oxygen atoms in total. The highest BCUT2D eigenvalue weighted by atomic mass is 35.5. The largest absolute Gasteiger partial charge is 0.508 e. The van der Waals surface area contributed by atoms with Gasteiger partial charge in [0.15, 0.2) is 67.9 Å². The van der Waals surface area contributed by atoms with E-state index in [4.69, 9.17) is 130 Å². The molecule has 11 saturated heterocycles. The summed E-state index contributed by atoms with van der Waals surface area (Å²) in [5, 5.41) is 115. The number of hydrogen-bond donors (Lipinski definition) is 9. The number of fused-ring (bicyclic) bond motifs is 4. The van der Waals surface area contributed by atoms with Gasteiger partial charge in [0.05, 0.1) is 69.3 Å². The van der Waals surface area contributed by atoms with E-state index in [0.717, 1.165) is 6.07 Å². The van der Waals surface area contributed by atoms with Crippen LogP contribution in [0.5, 0.6) is 23.0 Å². The number of nitrogens with zero attached hydrogens (tertiary/aromatic N) is 1. The first kappa shape index (κ1) is 82.1. The topological polar surface area (TPSA) is 490 Å². The number of aromatic hydroxyl groups is 4. The van der Waals surface area contributed by atoms with E-state index in [-0.39, 0.29) is 67.5 Å². The number of benzene rings is 2. The summed E-state index contributed by atoms with van der Waals surface area (Å²) in [6.45, 7) is 12.7. The van der Waals surface area contributed by atoms with E-state index in [2.05, 4.69) is 0 Å². The second-order valence-corrected chi connectivity index (χ2v) is 30.0. The summed E-state index contributed by atoms with van der Waals surface area (Å²) in [6, 6.07) is 3.45. The number of rotatable bonds is 20. The third-order valence-electron chi connectivity index (χ3n) is 22.2. The van der Waals surface area contributed by atoms with Crippen LogP contribution in [0.15, 0.2) is 18.2 Å². The predicted octanol–water partition coefficient (Wildman–Crippen LogP) is 0.306. The molecule has 35 atom stereocenters. The van der Waals surface area contributed by atoms with Crippen molar-refractivity contribution in [2.24, 2.45) is 0 Å². The molecule has 3 unspecified atom stereocenters. The van der Waals surface area contributed by atoms with Gasteiger partial charge in [0.25, 0.3) is 11.5 Å². The van der Waals surface area contributed by atoms with Crippen molar-refractivity contribution in [1.29, 1.82) is 0 Å². The highest BCUT2D eigenvalue weighted by Gasteiger charge is 2.70. The van der Waals surface area contributed by atoms with Gasteiger partial charge in [0.1, 0.15) is 137 Å². The third kappa shape index (κ3) is 15.2. The number of aliphatic hydroxyl groups is 5. The Balaban J connectivity index is 0.641. The number of carbonyl (C=O) groups excluding carboxylic acids is 2. The van der Waals surface area contributed by atoms with Crippen molar-refractivity contribution in [3.63, 3.8) is 0 Å². The van der Waals surface area contributed by atoms with Crippen LogP contribution >= 0.6 is 11.6 Å². The number of nitro groups is 1. The van der Waals surface area contributed by atoms with Gasteiger partial charge in [-0.2, -0.15) is 0 Å². The molecule has 0 bridgehead atoms. The summed E-state index contributed by atoms with van der Waals surface area (Å²) < 4.78 is 154. The lowest BCUT2D eigenvalue weighted by atomic mass is 9.85. The van der Waals surface area contributed by atoms with E-state index < -0.39 is 259 Å². The summed E-state index contributed by atoms with van der Waals surface area (Å²) in [5.41, 5.74) is -3.63. The number of halogens is 1. The van der Waals surface area contributed by atoms with Gasteiger partial charge in [-0.3, -0.25) is 10.1 Å². The Kier molecular flexibility index (Phi) is 24.2. The smallest absolute Gasteiger partial charge is 0.342 e. The zero-order chi connectivity index (χ0) is 78.6. The predicted molar refractivity (Wildman–Crippen MR) is 353 cm³/mol. The number of aryl methyl sites for hydroxylation is 2. The first-order chi connectivity index (χ1) is 51.6. The quantitative estimate of drug-likeness (QED) is 0.0489. The van der Waals surface area contributed by atoms with Gasteiger partial charge in [-0.05, 0) is 78.6 Å². The maximum absolute atomic E-state index is 14.0. The SMILES string of the molecule is COC[C@H]1O[C@@H](O[C@@H]2OC[C@@H]3OC4(OC[C@@H](OC(=O)c5c(C)cc(O)cc5O)[C@@H]5OCOC54)O[C@H]3[C@H]2O)[C@@H](OC)[C@@H](O)[C@@H]1O[C@@H]1O[C@H](C)[C@H](OC)[C@H](O[C@@H]2O[C@H](C)[C@H]3OC4(C[C@@H](O)[C@H](O[C@H]5C[C@@H](O[C@H]6C[C@](C)([N+](=O)[O-])[C@@H](OC)[C@H](C)O6)[C@H](OC(=O)c6c(C)cc(O)c(Cl)c6O)[C@@H](C)O5)[C@@H](C)O4)O[C@]3(C)[C@@H]2O)[C@H]1O. The minimum atomic E-state index is -2.06. The summed E-state index contributed by atoms with van der Waals surface area (Å²) >= 11 is 6.13. The maximum atomic E-state index is 14.0. The standard InChI is InChI=1S/C69H96ClNO38/c1-24-14-31(72)16-32(73)41(24)60(81)98-37-22-92-69(59-53(37)90-23-91-59)106-38-21-89-62(46(78)52(38)107-69)104-64-55(87-12)45(77)51(36(99-64)20-85-10)102-63-47(79)54(50(86-11)27(4)95-63)103-65-56(80)67(9)58(30(7)96-65)108-68(109-67)18-34(75)48(28(5)105-68)100-39-17-35(97-40-19-66(8,71(83)84)57(88-13)29(6)94-40)49(26(3)93-39)101-61(82)42-25(2)15-33(74)43(70)44(42)76/h14-16,26-30,34-40,45-59,62-65,72-80H,17-23H2,1-13H3/t26-,27-,28-,29+,30-,34-,35-,36-,37-,38+,39+,40+,45+,46-,47-,48-,49-,50+,51-,52-,53+,54-,55+,56-,57+,58-,59?,62+,63+,64+,65+,66+,67-,68?,69?/m1/s1. The fourth-order valence-corrected chi connectivity index (χ4v) is 17.0. The lowest BCUT2D eigenvalue weighted by molar-refractivity contribution is -0.595. The minimum Gasteiger partial charge on any atom is -0.508 e. The molecule has 13 rings (SSSR count). The molecule has 612 valence electrons.